The van der Waals surface area contributed by atoms with Crippen LogP contribution in [0.1, 0.15) is 18.9 Å². The zero-order valence-corrected chi connectivity index (χ0v) is 20.2. The van der Waals surface area contributed by atoms with E-state index in [2.05, 4.69) is 20.7 Å². The molecule has 0 saturated carbocycles. The molecule has 178 valence electrons. The zero-order valence-electron chi connectivity index (χ0n) is 19.4. The number of carbonyl (C=O) groups is 1. The number of aromatic nitrogens is 3. The van der Waals surface area contributed by atoms with Crippen LogP contribution in [0.3, 0.4) is 0 Å². The number of hydrogen-bond donors (Lipinski definition) is 2. The number of nitrogens with zero attached hydrogens (tertiary/aromatic N) is 4. The molecule has 35 heavy (non-hydrogen) atoms. The quantitative estimate of drug-likeness (QED) is 0.202. The average molecular weight is 488 g/mol. The van der Waals surface area contributed by atoms with E-state index in [0.29, 0.717) is 17.4 Å². The number of hydrogen-bond acceptors (Lipinski definition) is 7. The minimum Gasteiger partial charge on any atom is -0.508 e. The molecule has 0 aliphatic rings. The summed E-state index contributed by atoms with van der Waals surface area (Å²) in [5, 5.41) is 23.1. The van der Waals surface area contributed by atoms with Crippen molar-refractivity contribution in [2.24, 2.45) is 5.10 Å². The van der Waals surface area contributed by atoms with Crippen LogP contribution in [0.5, 0.6) is 11.5 Å². The van der Waals surface area contributed by atoms with Crippen molar-refractivity contribution in [3.63, 3.8) is 0 Å². The number of methoxy groups -OCH3 is 1. The van der Waals surface area contributed by atoms with Crippen LogP contribution in [0.2, 0.25) is 0 Å². The molecular weight excluding hydrogens is 462 g/mol. The van der Waals surface area contributed by atoms with Crippen LogP contribution in [-0.2, 0) is 4.79 Å². The Balaban J connectivity index is 1.53. The van der Waals surface area contributed by atoms with Crippen LogP contribution in [0, 0.1) is 0 Å². The van der Waals surface area contributed by atoms with Gasteiger partial charge in [-0.25, -0.2) is 5.43 Å². The molecule has 2 N–H and O–H groups in total. The summed E-state index contributed by atoms with van der Waals surface area (Å²) in [7, 11) is 1.62. The third kappa shape index (κ3) is 5.88. The lowest BCUT2D eigenvalue weighted by Gasteiger charge is -2.11. The summed E-state index contributed by atoms with van der Waals surface area (Å²) in [6, 6.07) is 24.1. The standard InChI is InChI=1S/C26H25N5O3S/c1-3-23(18-9-13-21(32)14-10-18)27-28-24(33)17-35-26-30-29-25(19-7-5-4-6-8-19)31(26)20-11-15-22(34-2)16-12-20/h4-16,32H,3,17H2,1-2H3,(H,28,33)/b27-23+. The Morgan fingerprint density at radius 3 is 2.40 bits per heavy atom. The second-order valence-electron chi connectivity index (χ2n) is 7.49. The fourth-order valence-electron chi connectivity index (χ4n) is 3.40. The van der Waals surface area contributed by atoms with E-state index in [9.17, 15) is 9.90 Å². The molecule has 0 radical (unpaired) electrons. The summed E-state index contributed by atoms with van der Waals surface area (Å²) in [4.78, 5) is 12.6. The smallest absolute Gasteiger partial charge is 0.250 e. The summed E-state index contributed by atoms with van der Waals surface area (Å²) < 4.78 is 7.20. The number of phenols is 1. The number of rotatable bonds is 9. The van der Waals surface area contributed by atoms with Crippen molar-refractivity contribution < 1.29 is 14.6 Å². The van der Waals surface area contributed by atoms with Crippen molar-refractivity contribution in [3.05, 3.63) is 84.4 Å². The lowest BCUT2D eigenvalue weighted by atomic mass is 10.1. The van der Waals surface area contributed by atoms with Crippen molar-refractivity contribution >= 4 is 23.4 Å². The number of aromatic hydroxyl groups is 1. The van der Waals surface area contributed by atoms with Crippen molar-refractivity contribution in [1.82, 2.24) is 20.2 Å². The van der Waals surface area contributed by atoms with Gasteiger partial charge in [0.05, 0.1) is 18.6 Å². The molecule has 0 unspecified atom stereocenters. The predicted molar refractivity (Wildman–Crippen MR) is 137 cm³/mol. The Bertz CT molecular complexity index is 1300. The van der Waals surface area contributed by atoms with Gasteiger partial charge in [0, 0.05) is 11.3 Å². The zero-order chi connectivity index (χ0) is 24.6. The van der Waals surface area contributed by atoms with Gasteiger partial charge in [-0.15, -0.1) is 10.2 Å². The minimum absolute atomic E-state index is 0.110. The van der Waals surface area contributed by atoms with E-state index in [-0.39, 0.29) is 17.4 Å². The SMILES string of the molecule is CC/C(=N\NC(=O)CSc1nnc(-c2ccccc2)n1-c1ccc(OC)cc1)c1ccc(O)cc1. The van der Waals surface area contributed by atoms with Gasteiger partial charge in [-0.3, -0.25) is 9.36 Å². The number of benzene rings is 3. The first-order valence-electron chi connectivity index (χ1n) is 11.0. The largest absolute Gasteiger partial charge is 0.508 e. The maximum atomic E-state index is 12.6. The van der Waals surface area contributed by atoms with Crippen LogP contribution in [0.25, 0.3) is 17.1 Å². The highest BCUT2D eigenvalue weighted by atomic mass is 32.2. The Morgan fingerprint density at radius 1 is 1.03 bits per heavy atom. The second kappa shape index (κ2) is 11.3. The number of phenolic OH excluding ortho intramolecular Hbond substituents is 1. The first kappa shape index (κ1) is 24.0. The fraction of sp³-hybridized carbons (Fsp3) is 0.154. The topological polar surface area (TPSA) is 102 Å². The maximum absolute atomic E-state index is 12.6. The molecule has 1 heterocycles. The lowest BCUT2D eigenvalue weighted by molar-refractivity contribution is -0.118. The van der Waals surface area contributed by atoms with Crippen molar-refractivity contribution in [2.75, 3.05) is 12.9 Å². The number of amides is 1. The lowest BCUT2D eigenvalue weighted by Crippen LogP contribution is -2.22. The van der Waals surface area contributed by atoms with Gasteiger partial charge in [0.1, 0.15) is 11.5 Å². The number of carbonyl (C=O) groups excluding carboxylic acids is 1. The van der Waals surface area contributed by atoms with E-state index in [0.717, 1.165) is 28.3 Å². The Morgan fingerprint density at radius 2 is 1.74 bits per heavy atom. The van der Waals surface area contributed by atoms with Crippen LogP contribution in [-0.4, -0.2) is 44.4 Å². The molecule has 4 aromatic rings. The van der Waals surface area contributed by atoms with Gasteiger partial charge < -0.3 is 9.84 Å². The molecule has 0 spiro atoms. The Hall–Kier alpha value is -4.11. The molecule has 0 saturated heterocycles. The van der Waals surface area contributed by atoms with Crippen molar-refractivity contribution in [1.29, 1.82) is 0 Å². The van der Waals surface area contributed by atoms with Gasteiger partial charge in [-0.1, -0.05) is 49.0 Å². The van der Waals surface area contributed by atoms with Gasteiger partial charge in [-0.2, -0.15) is 5.10 Å². The monoisotopic (exact) mass is 487 g/mol. The van der Waals surface area contributed by atoms with Gasteiger partial charge in [0.15, 0.2) is 11.0 Å². The normalized spacial score (nSPS) is 11.3. The summed E-state index contributed by atoms with van der Waals surface area (Å²) in [6.45, 7) is 1.95. The van der Waals surface area contributed by atoms with E-state index in [4.69, 9.17) is 4.74 Å². The van der Waals surface area contributed by atoms with Gasteiger partial charge in [0.2, 0.25) is 0 Å². The first-order valence-corrected chi connectivity index (χ1v) is 12.0. The molecule has 0 bridgehead atoms. The Labute approximate surface area is 207 Å². The third-order valence-corrected chi connectivity index (χ3v) is 6.11. The van der Waals surface area contributed by atoms with Crippen LogP contribution < -0.4 is 10.2 Å². The van der Waals surface area contributed by atoms with E-state index < -0.39 is 0 Å². The van der Waals surface area contributed by atoms with Crippen molar-refractivity contribution in [2.45, 2.75) is 18.5 Å². The molecule has 1 amide bonds. The molecule has 0 aliphatic heterocycles. The first-order chi connectivity index (χ1) is 17.1. The molecule has 4 rings (SSSR count). The molecule has 1 aromatic heterocycles. The van der Waals surface area contributed by atoms with E-state index in [1.54, 1.807) is 31.4 Å². The highest BCUT2D eigenvalue weighted by Gasteiger charge is 2.17. The molecule has 0 atom stereocenters. The number of ether oxygens (including phenoxy) is 1. The maximum Gasteiger partial charge on any atom is 0.250 e. The van der Waals surface area contributed by atoms with E-state index in [1.807, 2.05) is 66.1 Å². The van der Waals surface area contributed by atoms with Gasteiger partial charge >= 0.3 is 0 Å². The van der Waals surface area contributed by atoms with Gasteiger partial charge in [0.25, 0.3) is 5.91 Å². The van der Waals surface area contributed by atoms with E-state index >= 15 is 0 Å². The molecule has 9 heteroatoms. The molecule has 8 nitrogen and oxygen atoms in total. The fourth-order valence-corrected chi connectivity index (χ4v) is 4.14. The highest BCUT2D eigenvalue weighted by Crippen LogP contribution is 2.28. The molecular formula is C26H25N5O3S. The number of nitrogens with one attached hydrogen (secondary N) is 1. The summed E-state index contributed by atoms with van der Waals surface area (Å²) in [5.74, 6) is 1.46. The van der Waals surface area contributed by atoms with Crippen LogP contribution in [0.4, 0.5) is 0 Å². The Kier molecular flexibility index (Phi) is 7.79. The molecule has 3 aromatic carbocycles. The van der Waals surface area contributed by atoms with Crippen molar-refractivity contribution in [3.8, 4) is 28.6 Å². The number of thioether (sulfide) groups is 1. The summed E-state index contributed by atoms with van der Waals surface area (Å²) in [6.07, 6.45) is 0.629. The highest BCUT2D eigenvalue weighted by molar-refractivity contribution is 7.99. The molecule has 0 aliphatic carbocycles. The third-order valence-electron chi connectivity index (χ3n) is 5.18. The predicted octanol–water partition coefficient (Wildman–Crippen LogP) is 4.67. The van der Waals surface area contributed by atoms with E-state index in [1.165, 1.54) is 11.8 Å². The molecule has 0 fully saturated rings. The minimum atomic E-state index is -0.259. The van der Waals surface area contributed by atoms with Crippen LogP contribution in [0.15, 0.2) is 89.1 Å². The van der Waals surface area contributed by atoms with Gasteiger partial charge in [-0.05, 0) is 60.5 Å². The average Bonchev–Trinajstić information content (AvgIpc) is 3.33. The summed E-state index contributed by atoms with van der Waals surface area (Å²) >= 11 is 1.28. The van der Waals surface area contributed by atoms with Crippen LogP contribution >= 0.6 is 11.8 Å². The summed E-state index contributed by atoms with van der Waals surface area (Å²) in [5.41, 5.74) is 5.95. The second-order valence-corrected chi connectivity index (χ2v) is 8.43. The number of hydrazone groups is 1.